The summed E-state index contributed by atoms with van der Waals surface area (Å²) in [5.74, 6) is 0.855. The predicted molar refractivity (Wildman–Crippen MR) is 43.8 cm³/mol. The Bertz CT molecular complexity index is 238. The smallest absolute Gasteiger partial charge is 0.0639 e. The van der Waals surface area contributed by atoms with Crippen LogP contribution in [0.4, 0.5) is 0 Å². The third-order valence-corrected chi connectivity index (χ3v) is 2.43. The van der Waals surface area contributed by atoms with E-state index < -0.39 is 0 Å². The van der Waals surface area contributed by atoms with Crippen molar-refractivity contribution in [1.82, 2.24) is 0 Å². The lowest BCUT2D eigenvalue weighted by molar-refractivity contribution is 1.15. The second-order valence-electron chi connectivity index (χ2n) is 2.86. The number of rotatable bonds is 1. The molecular weight excluding hydrogens is 136 g/mol. The molecule has 1 fully saturated rings. The van der Waals surface area contributed by atoms with Crippen LogP contribution < -0.4 is 5.19 Å². The zero-order valence-electron chi connectivity index (χ0n) is 5.80. The molecule has 1 aromatic carbocycles. The first-order valence-corrected chi connectivity index (χ1v) is 4.18. The molecule has 0 aromatic heterocycles. The summed E-state index contributed by atoms with van der Waals surface area (Å²) in [5.41, 5.74) is 1.49. The summed E-state index contributed by atoms with van der Waals surface area (Å²) in [6, 6.07) is 8.50. The molecule has 10 heavy (non-hydrogen) atoms. The fourth-order valence-corrected chi connectivity index (χ4v) is 1.63. The van der Waals surface area contributed by atoms with Crippen molar-refractivity contribution in [3.05, 3.63) is 29.8 Å². The second-order valence-corrected chi connectivity index (χ2v) is 3.40. The monoisotopic (exact) mass is 145 g/mol. The Morgan fingerprint density at radius 2 is 1.90 bits per heavy atom. The number of hydrogen-bond acceptors (Lipinski definition) is 0. The first kappa shape index (κ1) is 6.17. The molecule has 1 aliphatic rings. The zero-order chi connectivity index (χ0) is 6.97. The van der Waals surface area contributed by atoms with Crippen LogP contribution >= 0.6 is 0 Å². The molecule has 0 bridgehead atoms. The Labute approximate surface area is 64.7 Å². The first-order valence-electron chi connectivity index (χ1n) is 3.68. The van der Waals surface area contributed by atoms with Gasteiger partial charge in [-0.25, -0.2) is 0 Å². The maximum absolute atomic E-state index is 3.59. The van der Waals surface area contributed by atoms with E-state index >= 15 is 0 Å². The van der Waals surface area contributed by atoms with Crippen LogP contribution in [-0.2, 0) is 0 Å². The van der Waals surface area contributed by atoms with Gasteiger partial charge in [-0.2, -0.15) is 0 Å². The van der Waals surface area contributed by atoms with Gasteiger partial charge < -0.3 is 0 Å². The molecule has 1 heteroatoms. The Hall–Kier alpha value is -0.563. The van der Waals surface area contributed by atoms with Gasteiger partial charge in [0.15, 0.2) is 0 Å². The van der Waals surface area contributed by atoms with Gasteiger partial charge in [-0.3, -0.25) is 0 Å². The van der Waals surface area contributed by atoms with Gasteiger partial charge in [-0.05, 0) is 24.3 Å². The minimum absolute atomic E-state index is 0.855. The standard InChI is InChI=1S/C9H9Si/c10-9-4-2-1-3-8(9)7-5-6-7/h1-4,7H,5-6H2. The van der Waals surface area contributed by atoms with Gasteiger partial charge in [-0.1, -0.05) is 29.5 Å². The van der Waals surface area contributed by atoms with Crippen LogP contribution in [0.15, 0.2) is 24.3 Å². The Morgan fingerprint density at radius 1 is 1.20 bits per heavy atom. The lowest BCUT2D eigenvalue weighted by atomic mass is 10.1. The normalized spacial score (nSPS) is 17.3. The highest BCUT2D eigenvalue weighted by Crippen LogP contribution is 2.38. The molecular formula is C9H9Si. The van der Waals surface area contributed by atoms with E-state index in [1.54, 1.807) is 0 Å². The van der Waals surface area contributed by atoms with E-state index in [1.165, 1.54) is 23.6 Å². The quantitative estimate of drug-likeness (QED) is 0.523. The van der Waals surface area contributed by atoms with Crippen molar-refractivity contribution in [2.75, 3.05) is 0 Å². The van der Waals surface area contributed by atoms with Crippen LogP contribution in [0.5, 0.6) is 0 Å². The van der Waals surface area contributed by atoms with Crippen LogP contribution in [0.2, 0.25) is 0 Å². The summed E-state index contributed by atoms with van der Waals surface area (Å²) in [6.45, 7) is 0. The van der Waals surface area contributed by atoms with Crippen LogP contribution in [-0.4, -0.2) is 10.2 Å². The van der Waals surface area contributed by atoms with E-state index in [4.69, 9.17) is 0 Å². The van der Waals surface area contributed by atoms with Gasteiger partial charge in [-0.15, -0.1) is 0 Å². The highest BCUT2D eigenvalue weighted by molar-refractivity contribution is 6.33. The van der Waals surface area contributed by atoms with Gasteiger partial charge in [0.2, 0.25) is 0 Å². The average Bonchev–Trinajstić information content (AvgIpc) is 2.71. The molecule has 3 radical (unpaired) electrons. The van der Waals surface area contributed by atoms with E-state index in [0.717, 1.165) is 5.92 Å². The minimum Gasteiger partial charge on any atom is -0.0639 e. The maximum atomic E-state index is 3.59. The largest absolute Gasteiger partial charge is 0.0715 e. The molecule has 2 rings (SSSR count). The molecule has 0 nitrogen and oxygen atoms in total. The molecule has 0 N–H and O–H groups in total. The van der Waals surface area contributed by atoms with Crippen LogP contribution in [0, 0.1) is 0 Å². The van der Waals surface area contributed by atoms with Crippen molar-refractivity contribution in [2.45, 2.75) is 18.8 Å². The fourth-order valence-electron chi connectivity index (χ4n) is 1.25. The van der Waals surface area contributed by atoms with Crippen molar-refractivity contribution >= 4 is 15.4 Å². The minimum atomic E-state index is 0.855. The van der Waals surface area contributed by atoms with E-state index in [9.17, 15) is 0 Å². The number of benzene rings is 1. The summed E-state index contributed by atoms with van der Waals surface area (Å²) in [4.78, 5) is 0. The molecule has 0 aliphatic heterocycles. The Balaban J connectivity index is 2.39. The van der Waals surface area contributed by atoms with Gasteiger partial charge in [0.1, 0.15) is 0 Å². The van der Waals surface area contributed by atoms with Gasteiger partial charge >= 0.3 is 0 Å². The lowest BCUT2D eigenvalue weighted by Gasteiger charge is -2.00. The first-order chi connectivity index (χ1) is 4.88. The van der Waals surface area contributed by atoms with Crippen LogP contribution in [0.3, 0.4) is 0 Å². The van der Waals surface area contributed by atoms with E-state index in [2.05, 4.69) is 34.5 Å². The average molecular weight is 145 g/mol. The van der Waals surface area contributed by atoms with Gasteiger partial charge in [0, 0.05) is 0 Å². The zero-order valence-corrected chi connectivity index (χ0v) is 6.80. The van der Waals surface area contributed by atoms with Gasteiger partial charge in [0.05, 0.1) is 10.2 Å². The summed E-state index contributed by atoms with van der Waals surface area (Å²) in [7, 11) is 3.59. The molecule has 0 atom stereocenters. The molecule has 0 spiro atoms. The summed E-state index contributed by atoms with van der Waals surface area (Å²) >= 11 is 0. The molecule has 1 aliphatic carbocycles. The third kappa shape index (κ3) is 1.01. The SMILES string of the molecule is [Si]c1ccccc1C1CC1. The molecule has 0 heterocycles. The van der Waals surface area contributed by atoms with E-state index in [-0.39, 0.29) is 0 Å². The predicted octanol–water partition coefficient (Wildman–Crippen LogP) is 1.36. The summed E-state index contributed by atoms with van der Waals surface area (Å²) < 4.78 is 0. The van der Waals surface area contributed by atoms with Crippen molar-refractivity contribution < 1.29 is 0 Å². The molecule has 1 aromatic rings. The summed E-state index contributed by atoms with van der Waals surface area (Å²) in [6.07, 6.45) is 2.75. The molecule has 49 valence electrons. The fraction of sp³-hybridized carbons (Fsp3) is 0.333. The Morgan fingerprint density at radius 3 is 2.50 bits per heavy atom. The highest BCUT2D eigenvalue weighted by Gasteiger charge is 2.24. The molecule has 0 unspecified atom stereocenters. The molecule has 0 amide bonds. The van der Waals surface area contributed by atoms with Crippen LogP contribution in [0.25, 0.3) is 0 Å². The van der Waals surface area contributed by atoms with Crippen molar-refractivity contribution in [3.8, 4) is 0 Å². The second kappa shape index (κ2) is 2.24. The van der Waals surface area contributed by atoms with E-state index in [0.29, 0.717) is 0 Å². The number of hydrogen-bond donors (Lipinski definition) is 0. The Kier molecular flexibility index (Phi) is 1.38. The van der Waals surface area contributed by atoms with Gasteiger partial charge in [0.25, 0.3) is 0 Å². The molecule has 1 saturated carbocycles. The van der Waals surface area contributed by atoms with Crippen molar-refractivity contribution in [3.63, 3.8) is 0 Å². The van der Waals surface area contributed by atoms with Crippen LogP contribution in [0.1, 0.15) is 24.3 Å². The topological polar surface area (TPSA) is 0 Å². The maximum Gasteiger partial charge on any atom is 0.0715 e. The van der Waals surface area contributed by atoms with Crippen molar-refractivity contribution in [1.29, 1.82) is 0 Å². The summed E-state index contributed by atoms with van der Waals surface area (Å²) in [5, 5.41) is 1.27. The highest BCUT2D eigenvalue weighted by atomic mass is 28.1. The molecule has 0 saturated heterocycles. The third-order valence-electron chi connectivity index (χ3n) is 1.98. The lowest BCUT2D eigenvalue weighted by Crippen LogP contribution is -2.07. The van der Waals surface area contributed by atoms with E-state index in [1.807, 2.05) is 0 Å². The van der Waals surface area contributed by atoms with Crippen molar-refractivity contribution in [2.24, 2.45) is 0 Å².